The monoisotopic (exact) mass is 358 g/mol. The molecule has 0 saturated heterocycles. The van der Waals surface area contributed by atoms with Crippen LogP contribution in [0.15, 0.2) is 29.2 Å². The largest absolute Gasteiger partial charge is 0.497 e. The average Bonchev–Trinajstić information content (AvgIpc) is 2.56. The van der Waals surface area contributed by atoms with Crippen LogP contribution in [-0.2, 0) is 19.6 Å². The summed E-state index contributed by atoms with van der Waals surface area (Å²) in [5.41, 5.74) is 0. The number of amides is 1. The van der Waals surface area contributed by atoms with Crippen LogP contribution in [0, 0.1) is 0 Å². The number of rotatable bonds is 10. The normalized spacial score (nSPS) is 12.4. The number of benzene rings is 1. The van der Waals surface area contributed by atoms with Crippen LogP contribution < -0.4 is 14.8 Å². The van der Waals surface area contributed by atoms with Gasteiger partial charge in [-0.2, -0.15) is 4.72 Å². The summed E-state index contributed by atoms with van der Waals surface area (Å²) in [7, 11) is -2.56. The zero-order valence-corrected chi connectivity index (χ0v) is 14.4. The van der Waals surface area contributed by atoms with Crippen molar-refractivity contribution in [1.82, 2.24) is 10.0 Å². The Hall–Kier alpha value is -2.13. The number of carbonyl (C=O) groups is 2. The number of sulfonamides is 1. The van der Waals surface area contributed by atoms with Gasteiger partial charge in [0.2, 0.25) is 15.9 Å². The lowest BCUT2D eigenvalue weighted by molar-refractivity contribution is -0.139. The molecule has 0 aliphatic carbocycles. The molecule has 9 heteroatoms. The summed E-state index contributed by atoms with van der Waals surface area (Å²) >= 11 is 0. The first-order valence-corrected chi connectivity index (χ1v) is 8.94. The fourth-order valence-corrected chi connectivity index (χ4v) is 3.09. The van der Waals surface area contributed by atoms with Crippen molar-refractivity contribution in [3.8, 4) is 5.75 Å². The number of ether oxygens (including phenoxy) is 1. The Morgan fingerprint density at radius 2 is 1.88 bits per heavy atom. The van der Waals surface area contributed by atoms with Gasteiger partial charge in [0.25, 0.3) is 0 Å². The Labute approximate surface area is 141 Å². The number of methoxy groups -OCH3 is 1. The molecule has 0 heterocycles. The molecule has 134 valence electrons. The molecule has 8 nitrogen and oxygen atoms in total. The van der Waals surface area contributed by atoms with Crippen molar-refractivity contribution in [2.75, 3.05) is 13.7 Å². The average molecular weight is 358 g/mol. The third kappa shape index (κ3) is 6.17. The second-order valence-corrected chi connectivity index (χ2v) is 6.79. The lowest BCUT2D eigenvalue weighted by Crippen LogP contribution is -2.41. The first kappa shape index (κ1) is 19.9. The summed E-state index contributed by atoms with van der Waals surface area (Å²) in [6, 6.07) is 4.16. The van der Waals surface area contributed by atoms with Gasteiger partial charge in [-0.25, -0.2) is 8.42 Å². The molecule has 1 aromatic rings. The molecular formula is C15H22N2O6S. The third-order valence-electron chi connectivity index (χ3n) is 3.20. The summed E-state index contributed by atoms with van der Waals surface area (Å²) in [5.74, 6) is -1.17. The minimum atomic E-state index is -4.01. The predicted octanol–water partition coefficient (Wildman–Crippen LogP) is 0.733. The lowest BCUT2D eigenvalue weighted by atomic mass is 10.1. The van der Waals surface area contributed by atoms with E-state index < -0.39 is 22.0 Å². The number of hydrogen-bond acceptors (Lipinski definition) is 5. The molecule has 0 spiro atoms. The zero-order valence-electron chi connectivity index (χ0n) is 13.6. The van der Waals surface area contributed by atoms with Gasteiger partial charge in [-0.1, -0.05) is 6.92 Å². The van der Waals surface area contributed by atoms with E-state index in [0.29, 0.717) is 12.3 Å². The van der Waals surface area contributed by atoms with Gasteiger partial charge < -0.3 is 15.2 Å². The molecule has 1 atom stereocenters. The topological polar surface area (TPSA) is 122 Å². The molecule has 1 amide bonds. The predicted molar refractivity (Wildman–Crippen MR) is 87.3 cm³/mol. The van der Waals surface area contributed by atoms with Crippen molar-refractivity contribution in [3.05, 3.63) is 24.3 Å². The van der Waals surface area contributed by atoms with Gasteiger partial charge in [0.05, 0.1) is 12.0 Å². The van der Waals surface area contributed by atoms with E-state index in [1.54, 1.807) is 0 Å². The van der Waals surface area contributed by atoms with E-state index in [1.165, 1.54) is 31.4 Å². The minimum absolute atomic E-state index is 0.0787. The molecule has 3 N–H and O–H groups in total. The van der Waals surface area contributed by atoms with Crippen LogP contribution in [-0.4, -0.2) is 45.1 Å². The van der Waals surface area contributed by atoms with Crippen LogP contribution in [0.3, 0.4) is 0 Å². The van der Waals surface area contributed by atoms with Crippen LogP contribution in [0.1, 0.15) is 26.2 Å². The summed E-state index contributed by atoms with van der Waals surface area (Å²) in [6.07, 6.45) is 0.542. The standard InChI is InChI=1S/C15H22N2O6S/c1-3-10-16-14(18)9-8-13(15(19)20)17-24(21,22)12-6-4-11(23-2)5-7-12/h4-7,13,17H,3,8-10H2,1-2H3,(H,16,18)(H,19,20)/t13-/m0/s1. The first-order chi connectivity index (χ1) is 11.3. The third-order valence-corrected chi connectivity index (χ3v) is 4.69. The molecule has 1 aromatic carbocycles. The van der Waals surface area contributed by atoms with E-state index >= 15 is 0 Å². The van der Waals surface area contributed by atoms with Crippen LogP contribution in [0.25, 0.3) is 0 Å². The highest BCUT2D eigenvalue weighted by atomic mass is 32.2. The second-order valence-electron chi connectivity index (χ2n) is 5.08. The Morgan fingerprint density at radius 1 is 1.25 bits per heavy atom. The number of nitrogens with one attached hydrogen (secondary N) is 2. The Kier molecular flexibility index (Phi) is 7.66. The molecule has 0 saturated carbocycles. The number of carboxylic acids is 1. The van der Waals surface area contributed by atoms with Crippen molar-refractivity contribution in [1.29, 1.82) is 0 Å². The lowest BCUT2D eigenvalue weighted by Gasteiger charge is -2.15. The van der Waals surface area contributed by atoms with Gasteiger partial charge >= 0.3 is 5.97 Å². The Morgan fingerprint density at radius 3 is 2.38 bits per heavy atom. The number of carbonyl (C=O) groups excluding carboxylic acids is 1. The highest BCUT2D eigenvalue weighted by Crippen LogP contribution is 2.16. The van der Waals surface area contributed by atoms with E-state index in [1.807, 2.05) is 6.92 Å². The highest BCUT2D eigenvalue weighted by Gasteiger charge is 2.26. The minimum Gasteiger partial charge on any atom is -0.497 e. The van der Waals surface area contributed by atoms with Gasteiger partial charge in [-0.15, -0.1) is 0 Å². The van der Waals surface area contributed by atoms with Crippen LogP contribution in [0.2, 0.25) is 0 Å². The molecule has 0 aliphatic heterocycles. The molecule has 0 bridgehead atoms. The van der Waals surface area contributed by atoms with E-state index in [-0.39, 0.29) is 23.6 Å². The van der Waals surface area contributed by atoms with E-state index in [2.05, 4.69) is 10.0 Å². The Bertz CT molecular complexity index is 657. The van der Waals surface area contributed by atoms with Crippen molar-refractivity contribution in [3.63, 3.8) is 0 Å². The molecule has 0 unspecified atom stereocenters. The van der Waals surface area contributed by atoms with E-state index in [0.717, 1.165) is 6.42 Å². The molecule has 0 aliphatic rings. The fourth-order valence-electron chi connectivity index (χ4n) is 1.87. The van der Waals surface area contributed by atoms with Crippen molar-refractivity contribution in [2.24, 2.45) is 0 Å². The van der Waals surface area contributed by atoms with Crippen LogP contribution in [0.4, 0.5) is 0 Å². The summed E-state index contributed by atoms with van der Waals surface area (Å²) in [5, 5.41) is 11.8. The van der Waals surface area contributed by atoms with Gasteiger partial charge in [0.15, 0.2) is 0 Å². The highest BCUT2D eigenvalue weighted by molar-refractivity contribution is 7.89. The smallest absolute Gasteiger partial charge is 0.321 e. The van der Waals surface area contributed by atoms with E-state index in [4.69, 9.17) is 4.74 Å². The van der Waals surface area contributed by atoms with Gasteiger partial charge in [0.1, 0.15) is 11.8 Å². The van der Waals surface area contributed by atoms with E-state index in [9.17, 15) is 23.1 Å². The molecule has 0 radical (unpaired) electrons. The SMILES string of the molecule is CCCNC(=O)CC[C@H](NS(=O)(=O)c1ccc(OC)cc1)C(=O)O. The van der Waals surface area contributed by atoms with Gasteiger partial charge in [-0.3, -0.25) is 9.59 Å². The number of carboxylic acid groups (broad SMARTS) is 1. The quantitative estimate of drug-likeness (QED) is 0.567. The van der Waals surface area contributed by atoms with Crippen molar-refractivity contribution >= 4 is 21.9 Å². The Balaban J connectivity index is 2.75. The van der Waals surface area contributed by atoms with Gasteiger partial charge in [-0.05, 0) is 37.1 Å². The maximum atomic E-state index is 12.2. The summed E-state index contributed by atoms with van der Waals surface area (Å²) in [4.78, 5) is 22.7. The second kappa shape index (κ2) is 9.24. The van der Waals surface area contributed by atoms with Crippen molar-refractivity contribution < 1.29 is 27.9 Å². The molecule has 0 fully saturated rings. The zero-order chi connectivity index (χ0) is 18.2. The summed E-state index contributed by atoms with van der Waals surface area (Å²) in [6.45, 7) is 2.39. The summed E-state index contributed by atoms with van der Waals surface area (Å²) < 4.78 is 31.5. The molecule has 1 rings (SSSR count). The molecule has 0 aromatic heterocycles. The first-order valence-electron chi connectivity index (χ1n) is 7.46. The molecular weight excluding hydrogens is 336 g/mol. The number of aliphatic carboxylic acids is 1. The van der Waals surface area contributed by atoms with Crippen molar-refractivity contribution in [2.45, 2.75) is 37.1 Å². The maximum absolute atomic E-state index is 12.2. The molecule has 24 heavy (non-hydrogen) atoms. The number of hydrogen-bond donors (Lipinski definition) is 3. The van der Waals surface area contributed by atoms with Gasteiger partial charge in [0, 0.05) is 13.0 Å². The van der Waals surface area contributed by atoms with Crippen LogP contribution >= 0.6 is 0 Å². The van der Waals surface area contributed by atoms with Crippen LogP contribution in [0.5, 0.6) is 5.75 Å². The fraction of sp³-hybridized carbons (Fsp3) is 0.467. The maximum Gasteiger partial charge on any atom is 0.321 e.